The predicted molar refractivity (Wildman–Crippen MR) is 136 cm³/mol. The average Bonchev–Trinajstić information content (AvgIpc) is 3.38. The molecule has 1 aromatic carbocycles. The van der Waals surface area contributed by atoms with Gasteiger partial charge in [0.15, 0.2) is 5.78 Å². The van der Waals surface area contributed by atoms with Crippen molar-refractivity contribution in [1.82, 2.24) is 18.9 Å². The van der Waals surface area contributed by atoms with Crippen LogP contribution in [0.5, 0.6) is 0 Å². The van der Waals surface area contributed by atoms with Gasteiger partial charge >= 0.3 is 6.18 Å². The maximum absolute atomic E-state index is 13.2. The molecule has 4 heterocycles. The number of hydrogen-bond acceptors (Lipinski definition) is 7. The van der Waals surface area contributed by atoms with Gasteiger partial charge in [0.25, 0.3) is 5.56 Å². The number of nitrogens with two attached hydrogens (primary N) is 1. The van der Waals surface area contributed by atoms with Crippen LogP contribution in [0.25, 0.3) is 27.6 Å². The van der Waals surface area contributed by atoms with E-state index in [0.717, 1.165) is 29.4 Å². The normalized spacial score (nSPS) is 12.8. The Morgan fingerprint density at radius 1 is 1.14 bits per heavy atom. The standard InChI is InChI=1S/C26H20F3N5O2S/c1-14(20-3-2-4-22(30)32-20)5-10-21(35)15-11-18-23-19(13-37-33-23)25(36)34(24(18)31-12-15)17-8-6-16(7-9-17)26(27,28)29/h2-4,6-9,11-14H,5,10H2,1H3,(H2,30,32)/t14-/m1/s1. The number of fused-ring (bicyclic) bond motifs is 3. The van der Waals surface area contributed by atoms with Crippen molar-refractivity contribution in [2.45, 2.75) is 31.9 Å². The van der Waals surface area contributed by atoms with E-state index in [1.165, 1.54) is 22.9 Å². The summed E-state index contributed by atoms with van der Waals surface area (Å²) in [6, 6.07) is 11.3. The second kappa shape index (κ2) is 9.40. The summed E-state index contributed by atoms with van der Waals surface area (Å²) >= 11 is 1.08. The number of benzene rings is 1. The van der Waals surface area contributed by atoms with Crippen LogP contribution >= 0.6 is 11.5 Å². The summed E-state index contributed by atoms with van der Waals surface area (Å²) in [7, 11) is 0. The van der Waals surface area contributed by atoms with Gasteiger partial charge in [-0.05, 0) is 66.3 Å². The predicted octanol–water partition coefficient (Wildman–Crippen LogP) is 5.76. The fraction of sp³-hybridized carbons (Fsp3) is 0.192. The minimum atomic E-state index is -4.50. The summed E-state index contributed by atoms with van der Waals surface area (Å²) < 4.78 is 44.7. The molecular formula is C26H20F3N5O2S. The van der Waals surface area contributed by atoms with Gasteiger partial charge in [-0.25, -0.2) is 9.97 Å². The first kappa shape index (κ1) is 24.6. The van der Waals surface area contributed by atoms with Gasteiger partial charge in [-0.3, -0.25) is 14.2 Å². The Kier molecular flexibility index (Phi) is 6.24. The lowest BCUT2D eigenvalue weighted by molar-refractivity contribution is -0.137. The molecule has 7 nitrogen and oxygen atoms in total. The monoisotopic (exact) mass is 523 g/mol. The van der Waals surface area contributed by atoms with Crippen molar-refractivity contribution >= 4 is 45.1 Å². The first-order valence-electron chi connectivity index (χ1n) is 11.4. The van der Waals surface area contributed by atoms with E-state index >= 15 is 0 Å². The van der Waals surface area contributed by atoms with Crippen LogP contribution in [0.4, 0.5) is 19.0 Å². The molecule has 0 amide bonds. The molecule has 5 aromatic rings. The summed E-state index contributed by atoms with van der Waals surface area (Å²) in [6.07, 6.45) is -2.33. The van der Waals surface area contributed by atoms with Crippen LogP contribution in [0.15, 0.2) is 64.9 Å². The van der Waals surface area contributed by atoms with Gasteiger partial charge in [-0.1, -0.05) is 13.0 Å². The van der Waals surface area contributed by atoms with Crippen molar-refractivity contribution in [3.8, 4) is 5.69 Å². The molecule has 2 N–H and O–H groups in total. The third-order valence-electron chi connectivity index (χ3n) is 6.21. The number of nitrogens with zero attached hydrogens (tertiary/aromatic N) is 4. The van der Waals surface area contributed by atoms with Crippen molar-refractivity contribution in [3.63, 3.8) is 0 Å². The van der Waals surface area contributed by atoms with Gasteiger partial charge in [-0.15, -0.1) is 0 Å². The van der Waals surface area contributed by atoms with Crippen LogP contribution in [0.3, 0.4) is 0 Å². The first-order valence-corrected chi connectivity index (χ1v) is 12.2. The van der Waals surface area contributed by atoms with Crippen molar-refractivity contribution in [3.05, 3.63) is 87.3 Å². The van der Waals surface area contributed by atoms with Crippen LogP contribution in [0, 0.1) is 0 Å². The summed E-state index contributed by atoms with van der Waals surface area (Å²) in [5.74, 6) is 0.289. The SMILES string of the molecule is C[C@H](CCC(=O)c1cnc2c(c1)c1nscc1c(=O)n2-c1ccc(C(F)(F)F)cc1)c1cccc(N)n1. The highest BCUT2D eigenvalue weighted by atomic mass is 32.1. The molecule has 0 bridgehead atoms. The average molecular weight is 524 g/mol. The summed E-state index contributed by atoms with van der Waals surface area (Å²) in [5.41, 5.74) is 6.47. The zero-order valence-electron chi connectivity index (χ0n) is 19.5. The van der Waals surface area contributed by atoms with E-state index in [1.807, 2.05) is 19.1 Å². The Morgan fingerprint density at radius 2 is 1.89 bits per heavy atom. The number of anilines is 1. The smallest absolute Gasteiger partial charge is 0.384 e. The Hall–Kier alpha value is -4.12. The summed E-state index contributed by atoms with van der Waals surface area (Å²) in [5, 5.41) is 2.34. The minimum Gasteiger partial charge on any atom is -0.384 e. The van der Waals surface area contributed by atoms with Crippen molar-refractivity contribution in [2.24, 2.45) is 0 Å². The van der Waals surface area contributed by atoms with Crippen LogP contribution < -0.4 is 11.3 Å². The van der Waals surface area contributed by atoms with Gasteiger partial charge in [0, 0.05) is 34.6 Å². The molecular weight excluding hydrogens is 503 g/mol. The number of carbonyl (C=O) groups is 1. The van der Waals surface area contributed by atoms with E-state index in [1.54, 1.807) is 17.5 Å². The van der Waals surface area contributed by atoms with Crippen LogP contribution in [0.1, 0.15) is 47.3 Å². The molecule has 0 saturated carbocycles. The van der Waals surface area contributed by atoms with Crippen molar-refractivity contribution in [1.29, 1.82) is 0 Å². The third kappa shape index (κ3) is 4.69. The van der Waals surface area contributed by atoms with Gasteiger partial charge in [0.05, 0.1) is 16.6 Å². The lowest BCUT2D eigenvalue weighted by Gasteiger charge is -2.13. The Balaban J connectivity index is 1.51. The zero-order chi connectivity index (χ0) is 26.3. The zero-order valence-corrected chi connectivity index (χ0v) is 20.3. The Morgan fingerprint density at radius 3 is 2.59 bits per heavy atom. The van der Waals surface area contributed by atoms with E-state index in [4.69, 9.17) is 5.73 Å². The largest absolute Gasteiger partial charge is 0.416 e. The number of pyridine rings is 3. The molecule has 11 heteroatoms. The van der Waals surface area contributed by atoms with E-state index in [0.29, 0.717) is 34.1 Å². The number of rotatable bonds is 6. The van der Waals surface area contributed by atoms with E-state index in [9.17, 15) is 22.8 Å². The van der Waals surface area contributed by atoms with Gasteiger partial charge in [0.2, 0.25) is 0 Å². The highest BCUT2D eigenvalue weighted by Gasteiger charge is 2.30. The third-order valence-corrected chi connectivity index (χ3v) is 6.84. The van der Waals surface area contributed by atoms with Crippen LogP contribution in [-0.4, -0.2) is 24.7 Å². The molecule has 188 valence electrons. The quantitative estimate of drug-likeness (QED) is 0.284. The Labute approximate surface area is 212 Å². The fourth-order valence-corrected chi connectivity index (χ4v) is 4.86. The molecule has 4 aromatic heterocycles. The number of Topliss-reactive ketones (excluding diaryl/α,β-unsaturated/α-hetero) is 1. The molecule has 0 fully saturated rings. The fourth-order valence-electron chi connectivity index (χ4n) is 4.18. The highest BCUT2D eigenvalue weighted by Crippen LogP contribution is 2.31. The number of ketones is 1. The second-order valence-corrected chi connectivity index (χ2v) is 9.34. The van der Waals surface area contributed by atoms with Crippen LogP contribution in [-0.2, 0) is 6.18 Å². The number of alkyl halides is 3. The van der Waals surface area contributed by atoms with Crippen LogP contribution in [0.2, 0.25) is 0 Å². The second-order valence-electron chi connectivity index (χ2n) is 8.71. The van der Waals surface area contributed by atoms with Crippen molar-refractivity contribution < 1.29 is 18.0 Å². The summed E-state index contributed by atoms with van der Waals surface area (Å²) in [6.45, 7) is 1.97. The number of hydrogen-bond donors (Lipinski definition) is 1. The molecule has 0 aliphatic carbocycles. The molecule has 0 aliphatic rings. The van der Waals surface area contributed by atoms with Gasteiger partial charge in [0.1, 0.15) is 17.0 Å². The number of nitrogen functional groups attached to an aromatic ring is 1. The molecule has 0 aliphatic heterocycles. The topological polar surface area (TPSA) is 104 Å². The number of carbonyl (C=O) groups excluding carboxylic acids is 1. The maximum Gasteiger partial charge on any atom is 0.416 e. The highest BCUT2D eigenvalue weighted by molar-refractivity contribution is 7.04. The number of aromatic nitrogens is 4. The first-order chi connectivity index (χ1) is 17.6. The van der Waals surface area contributed by atoms with E-state index in [-0.39, 0.29) is 29.5 Å². The maximum atomic E-state index is 13.2. The van der Waals surface area contributed by atoms with Gasteiger partial charge in [-0.2, -0.15) is 17.5 Å². The lowest BCUT2D eigenvalue weighted by Crippen LogP contribution is -2.20. The molecule has 0 unspecified atom stereocenters. The minimum absolute atomic E-state index is 0.0102. The van der Waals surface area contributed by atoms with Gasteiger partial charge < -0.3 is 5.73 Å². The number of halogens is 3. The van der Waals surface area contributed by atoms with E-state index in [2.05, 4.69) is 14.3 Å². The molecule has 1 atom stereocenters. The molecule has 0 spiro atoms. The molecule has 0 radical (unpaired) electrons. The Bertz CT molecular complexity index is 1690. The van der Waals surface area contributed by atoms with Crippen molar-refractivity contribution in [2.75, 3.05) is 5.73 Å². The molecule has 37 heavy (non-hydrogen) atoms. The lowest BCUT2D eigenvalue weighted by atomic mass is 9.97. The summed E-state index contributed by atoms with van der Waals surface area (Å²) in [4.78, 5) is 35.0. The molecule has 0 saturated heterocycles. The van der Waals surface area contributed by atoms with E-state index < -0.39 is 17.3 Å². The molecule has 5 rings (SSSR count).